The van der Waals surface area contributed by atoms with Crippen molar-refractivity contribution in [2.24, 2.45) is 0 Å². The molecule has 6 nitrogen and oxygen atoms in total. The number of ketones is 1. The number of amides is 1. The highest BCUT2D eigenvalue weighted by atomic mass is 16.5. The lowest BCUT2D eigenvalue weighted by Crippen LogP contribution is -2.36. The highest BCUT2D eigenvalue weighted by Gasteiger charge is 2.17. The van der Waals surface area contributed by atoms with E-state index in [1.165, 1.54) is 6.92 Å². The Bertz CT molecular complexity index is 420. The molecule has 6 heteroatoms. The molecule has 0 atom stereocenters. The number of rotatable bonds is 8. The van der Waals surface area contributed by atoms with E-state index in [1.807, 2.05) is 0 Å². The summed E-state index contributed by atoms with van der Waals surface area (Å²) in [6.07, 6.45) is 1.54. The molecule has 1 heterocycles. The summed E-state index contributed by atoms with van der Waals surface area (Å²) in [7, 11) is 3.17. The van der Waals surface area contributed by atoms with Gasteiger partial charge in [0.05, 0.1) is 13.2 Å². The minimum atomic E-state index is -0.165. The van der Waals surface area contributed by atoms with E-state index in [4.69, 9.17) is 9.47 Å². The minimum Gasteiger partial charge on any atom is -0.383 e. The van der Waals surface area contributed by atoms with Gasteiger partial charge in [-0.05, 0) is 13.0 Å². The zero-order valence-electron chi connectivity index (χ0n) is 11.6. The molecule has 0 aromatic carbocycles. The van der Waals surface area contributed by atoms with Crippen LogP contribution < -0.4 is 0 Å². The number of aromatic amines is 1. The van der Waals surface area contributed by atoms with Crippen molar-refractivity contribution < 1.29 is 19.1 Å². The third-order valence-corrected chi connectivity index (χ3v) is 2.74. The molecule has 0 radical (unpaired) electrons. The fourth-order valence-corrected chi connectivity index (χ4v) is 1.61. The topological polar surface area (TPSA) is 71.6 Å². The van der Waals surface area contributed by atoms with E-state index in [-0.39, 0.29) is 11.7 Å². The monoisotopic (exact) mass is 268 g/mol. The predicted octanol–water partition coefficient (Wildman–Crippen LogP) is 0.952. The molecule has 0 spiro atoms. The maximum Gasteiger partial charge on any atom is 0.270 e. The first-order valence-corrected chi connectivity index (χ1v) is 6.06. The average Bonchev–Trinajstić information content (AvgIpc) is 2.88. The highest BCUT2D eigenvalue weighted by molar-refractivity contribution is 5.99. The summed E-state index contributed by atoms with van der Waals surface area (Å²) >= 11 is 0. The summed E-state index contributed by atoms with van der Waals surface area (Å²) in [6, 6.07) is 1.57. The fourth-order valence-electron chi connectivity index (χ4n) is 1.61. The van der Waals surface area contributed by atoms with Crippen LogP contribution in [0.25, 0.3) is 0 Å². The van der Waals surface area contributed by atoms with Gasteiger partial charge < -0.3 is 19.4 Å². The smallest absolute Gasteiger partial charge is 0.270 e. The number of H-pyrrole nitrogens is 1. The van der Waals surface area contributed by atoms with Gasteiger partial charge >= 0.3 is 0 Å². The van der Waals surface area contributed by atoms with E-state index in [9.17, 15) is 9.59 Å². The Hall–Kier alpha value is -1.66. The summed E-state index contributed by atoms with van der Waals surface area (Å²) < 4.78 is 9.97. The molecule has 1 amide bonds. The lowest BCUT2D eigenvalue weighted by molar-refractivity contribution is 0.0622. The molecular formula is C13H20N2O4. The third-order valence-electron chi connectivity index (χ3n) is 2.74. The molecule has 1 rings (SSSR count). The SMILES string of the molecule is COCCN(CCOC)C(=O)c1cc(C(C)=O)c[nH]1. The number of hydrogen-bond donors (Lipinski definition) is 1. The molecule has 0 aliphatic heterocycles. The van der Waals surface area contributed by atoms with Crippen molar-refractivity contribution in [1.82, 2.24) is 9.88 Å². The van der Waals surface area contributed by atoms with Gasteiger partial charge in [-0.25, -0.2) is 0 Å². The Morgan fingerprint density at radius 3 is 2.21 bits per heavy atom. The second-order valence-electron chi connectivity index (χ2n) is 4.14. The highest BCUT2D eigenvalue weighted by Crippen LogP contribution is 2.08. The first-order chi connectivity index (χ1) is 9.10. The number of methoxy groups -OCH3 is 2. The van der Waals surface area contributed by atoms with Crippen molar-refractivity contribution in [2.75, 3.05) is 40.5 Å². The molecular weight excluding hydrogens is 248 g/mol. The number of nitrogens with one attached hydrogen (secondary N) is 1. The Morgan fingerprint density at radius 2 is 1.79 bits per heavy atom. The van der Waals surface area contributed by atoms with Gasteiger partial charge in [0.2, 0.25) is 0 Å². The molecule has 1 aromatic rings. The van der Waals surface area contributed by atoms with Crippen molar-refractivity contribution in [3.8, 4) is 0 Å². The molecule has 0 unspecified atom stereocenters. The number of ether oxygens (including phenoxy) is 2. The molecule has 0 bridgehead atoms. The number of carbonyl (C=O) groups excluding carboxylic acids is 2. The summed E-state index contributed by atoms with van der Waals surface area (Å²) in [4.78, 5) is 27.9. The van der Waals surface area contributed by atoms with E-state index in [0.717, 1.165) is 0 Å². The summed E-state index contributed by atoms with van der Waals surface area (Å²) in [5, 5.41) is 0. The lowest BCUT2D eigenvalue weighted by atomic mass is 10.2. The van der Waals surface area contributed by atoms with Gasteiger partial charge in [-0.1, -0.05) is 0 Å². The van der Waals surface area contributed by atoms with Crippen LogP contribution in [0.5, 0.6) is 0 Å². The van der Waals surface area contributed by atoms with Gasteiger partial charge in [0.1, 0.15) is 5.69 Å². The lowest BCUT2D eigenvalue weighted by Gasteiger charge is -2.21. The van der Waals surface area contributed by atoms with Crippen molar-refractivity contribution in [3.05, 3.63) is 23.5 Å². The van der Waals surface area contributed by atoms with Crippen LogP contribution in [0.2, 0.25) is 0 Å². The average molecular weight is 268 g/mol. The minimum absolute atomic E-state index is 0.0735. The van der Waals surface area contributed by atoms with Crippen LogP contribution in [-0.2, 0) is 9.47 Å². The zero-order valence-corrected chi connectivity index (χ0v) is 11.6. The van der Waals surface area contributed by atoms with Crippen LogP contribution in [0, 0.1) is 0 Å². The maximum absolute atomic E-state index is 12.3. The van der Waals surface area contributed by atoms with E-state index in [2.05, 4.69) is 4.98 Å². The van der Waals surface area contributed by atoms with Crippen LogP contribution in [0.3, 0.4) is 0 Å². The second-order valence-corrected chi connectivity index (χ2v) is 4.14. The van der Waals surface area contributed by atoms with Gasteiger partial charge in [0, 0.05) is 39.1 Å². The van der Waals surface area contributed by atoms with Crippen molar-refractivity contribution in [3.63, 3.8) is 0 Å². The van der Waals surface area contributed by atoms with Gasteiger partial charge in [-0.15, -0.1) is 0 Å². The van der Waals surface area contributed by atoms with Gasteiger partial charge in [-0.2, -0.15) is 0 Å². The molecule has 19 heavy (non-hydrogen) atoms. The maximum atomic E-state index is 12.3. The number of aromatic nitrogens is 1. The number of carbonyl (C=O) groups is 2. The van der Waals surface area contributed by atoms with Crippen molar-refractivity contribution in [1.29, 1.82) is 0 Å². The van der Waals surface area contributed by atoms with E-state index >= 15 is 0 Å². The summed E-state index contributed by atoms with van der Waals surface area (Å²) in [5.74, 6) is -0.239. The van der Waals surface area contributed by atoms with Crippen molar-refractivity contribution >= 4 is 11.7 Å². The molecule has 0 aliphatic rings. The van der Waals surface area contributed by atoms with Gasteiger partial charge in [0.25, 0.3) is 5.91 Å². The zero-order chi connectivity index (χ0) is 14.3. The standard InChI is InChI=1S/C13H20N2O4/c1-10(16)11-8-12(14-9-11)13(17)15(4-6-18-2)5-7-19-3/h8-9,14H,4-7H2,1-3H3. The normalized spacial score (nSPS) is 10.5. The molecule has 0 saturated heterocycles. The van der Waals surface area contributed by atoms with Crippen molar-refractivity contribution in [2.45, 2.75) is 6.92 Å². The summed E-state index contributed by atoms with van der Waals surface area (Å²) in [5.41, 5.74) is 0.902. The Morgan fingerprint density at radius 1 is 1.21 bits per heavy atom. The predicted molar refractivity (Wildman–Crippen MR) is 70.5 cm³/mol. The third kappa shape index (κ3) is 4.50. The van der Waals surface area contributed by atoms with E-state index < -0.39 is 0 Å². The number of nitrogens with zero attached hydrogens (tertiary/aromatic N) is 1. The quantitative estimate of drug-likeness (QED) is 0.713. The Balaban J connectivity index is 2.75. The number of hydrogen-bond acceptors (Lipinski definition) is 4. The van der Waals surface area contributed by atoms with Gasteiger partial charge in [-0.3, -0.25) is 9.59 Å². The van der Waals surface area contributed by atoms with Crippen LogP contribution >= 0.6 is 0 Å². The largest absolute Gasteiger partial charge is 0.383 e. The Kier molecular flexibility index (Phi) is 6.24. The van der Waals surface area contributed by atoms with Crippen LogP contribution in [0.1, 0.15) is 27.8 Å². The van der Waals surface area contributed by atoms with E-state index in [0.29, 0.717) is 37.6 Å². The first kappa shape index (κ1) is 15.4. The molecule has 106 valence electrons. The fraction of sp³-hybridized carbons (Fsp3) is 0.538. The first-order valence-electron chi connectivity index (χ1n) is 6.06. The molecule has 1 N–H and O–H groups in total. The van der Waals surface area contributed by atoms with Crippen LogP contribution in [0.4, 0.5) is 0 Å². The molecule has 0 saturated carbocycles. The van der Waals surface area contributed by atoms with E-state index in [1.54, 1.807) is 31.4 Å². The van der Waals surface area contributed by atoms with Crippen LogP contribution in [-0.4, -0.2) is 62.1 Å². The van der Waals surface area contributed by atoms with Gasteiger partial charge in [0.15, 0.2) is 5.78 Å². The number of Topliss-reactive ketones (excluding diaryl/α,β-unsaturated/α-hetero) is 1. The molecule has 0 fully saturated rings. The second kappa shape index (κ2) is 7.70. The molecule has 1 aromatic heterocycles. The molecule has 0 aliphatic carbocycles. The summed E-state index contributed by atoms with van der Waals surface area (Å²) in [6.45, 7) is 3.33. The Labute approximate surface area is 112 Å². The van der Waals surface area contributed by atoms with Crippen LogP contribution in [0.15, 0.2) is 12.3 Å².